The van der Waals surface area contributed by atoms with Crippen molar-refractivity contribution in [1.82, 2.24) is 10.6 Å². The molecule has 1 rings (SSSR count). The molecule has 1 unspecified atom stereocenters. The van der Waals surface area contributed by atoms with Crippen molar-refractivity contribution in [1.29, 1.82) is 0 Å². The molecular formula is C12H18N2O3. The predicted molar refractivity (Wildman–Crippen MR) is 65.0 cm³/mol. The van der Waals surface area contributed by atoms with Gasteiger partial charge in [0.15, 0.2) is 0 Å². The Morgan fingerprint density at radius 2 is 2.12 bits per heavy atom. The number of amides is 2. The van der Waals surface area contributed by atoms with E-state index in [4.69, 9.17) is 4.74 Å². The molecule has 1 aromatic carbocycles. The molecule has 0 saturated heterocycles. The largest absolute Gasteiger partial charge is 0.496 e. The Hall–Kier alpha value is -1.75. The van der Waals surface area contributed by atoms with Gasteiger partial charge in [-0.05, 0) is 13.0 Å². The van der Waals surface area contributed by atoms with Crippen molar-refractivity contribution in [2.24, 2.45) is 0 Å². The van der Waals surface area contributed by atoms with E-state index in [2.05, 4.69) is 10.6 Å². The van der Waals surface area contributed by atoms with Gasteiger partial charge in [-0.1, -0.05) is 18.2 Å². The third kappa shape index (κ3) is 3.96. The predicted octanol–water partition coefficient (Wildman–Crippen LogP) is 1.05. The fourth-order valence-electron chi connectivity index (χ4n) is 1.46. The van der Waals surface area contributed by atoms with Crippen molar-refractivity contribution < 1.29 is 14.6 Å². The van der Waals surface area contributed by atoms with Crippen LogP contribution in [0.5, 0.6) is 5.75 Å². The van der Waals surface area contributed by atoms with Crippen molar-refractivity contribution in [3.63, 3.8) is 0 Å². The molecule has 1 aromatic rings. The number of hydrogen-bond acceptors (Lipinski definition) is 3. The highest BCUT2D eigenvalue weighted by atomic mass is 16.5. The number of para-hydroxylation sites is 1. The maximum absolute atomic E-state index is 11.2. The van der Waals surface area contributed by atoms with Gasteiger partial charge in [-0.25, -0.2) is 4.79 Å². The number of benzene rings is 1. The second-order valence-electron chi connectivity index (χ2n) is 3.50. The quantitative estimate of drug-likeness (QED) is 0.718. The van der Waals surface area contributed by atoms with Gasteiger partial charge in [-0.15, -0.1) is 0 Å². The smallest absolute Gasteiger partial charge is 0.314 e. The van der Waals surface area contributed by atoms with E-state index < -0.39 is 6.10 Å². The fraction of sp³-hybridized carbons (Fsp3) is 0.417. The van der Waals surface area contributed by atoms with E-state index in [9.17, 15) is 9.90 Å². The topological polar surface area (TPSA) is 70.6 Å². The number of carbonyl (C=O) groups is 1. The Bertz CT molecular complexity index is 369. The van der Waals surface area contributed by atoms with Crippen LogP contribution in [-0.4, -0.2) is 31.3 Å². The molecule has 0 fully saturated rings. The van der Waals surface area contributed by atoms with Crippen LogP contribution in [0.15, 0.2) is 24.3 Å². The molecule has 0 spiro atoms. The minimum Gasteiger partial charge on any atom is -0.496 e. The number of carbonyl (C=O) groups excluding carboxylic acids is 1. The monoisotopic (exact) mass is 238 g/mol. The molecule has 0 aliphatic rings. The number of ether oxygens (including phenoxy) is 1. The van der Waals surface area contributed by atoms with Crippen LogP contribution >= 0.6 is 0 Å². The molecular weight excluding hydrogens is 220 g/mol. The summed E-state index contributed by atoms with van der Waals surface area (Å²) < 4.78 is 5.13. The second-order valence-corrected chi connectivity index (χ2v) is 3.50. The van der Waals surface area contributed by atoms with Gasteiger partial charge in [0.05, 0.1) is 13.2 Å². The van der Waals surface area contributed by atoms with Crippen molar-refractivity contribution in [2.75, 3.05) is 20.2 Å². The molecule has 2 amide bonds. The Labute approximate surface area is 101 Å². The van der Waals surface area contributed by atoms with E-state index in [1.54, 1.807) is 19.2 Å². The van der Waals surface area contributed by atoms with Gasteiger partial charge in [-0.2, -0.15) is 0 Å². The summed E-state index contributed by atoms with van der Waals surface area (Å²) in [6, 6.07) is 6.88. The minimum absolute atomic E-state index is 0.145. The van der Waals surface area contributed by atoms with E-state index in [-0.39, 0.29) is 12.6 Å². The van der Waals surface area contributed by atoms with E-state index in [1.807, 2.05) is 19.1 Å². The molecule has 0 bridgehead atoms. The second kappa shape index (κ2) is 6.75. The van der Waals surface area contributed by atoms with Crippen LogP contribution in [0.3, 0.4) is 0 Å². The summed E-state index contributed by atoms with van der Waals surface area (Å²) >= 11 is 0. The molecule has 0 aliphatic heterocycles. The number of aliphatic hydroxyl groups is 1. The third-order valence-corrected chi connectivity index (χ3v) is 2.29. The number of aliphatic hydroxyl groups excluding tert-OH is 1. The molecule has 0 aromatic heterocycles. The van der Waals surface area contributed by atoms with Gasteiger partial charge in [0, 0.05) is 18.7 Å². The van der Waals surface area contributed by atoms with Gasteiger partial charge in [0.25, 0.3) is 0 Å². The molecule has 17 heavy (non-hydrogen) atoms. The van der Waals surface area contributed by atoms with Crippen LogP contribution in [0.1, 0.15) is 18.6 Å². The van der Waals surface area contributed by atoms with E-state index in [0.717, 1.165) is 0 Å². The maximum atomic E-state index is 11.2. The minimum atomic E-state index is -0.784. The SMILES string of the molecule is CCNC(=O)NCC(O)c1ccccc1OC. The molecule has 94 valence electrons. The summed E-state index contributed by atoms with van der Waals surface area (Å²) in [5, 5.41) is 15.1. The van der Waals surface area contributed by atoms with Crippen LogP contribution in [-0.2, 0) is 0 Å². The number of methoxy groups -OCH3 is 1. The fourth-order valence-corrected chi connectivity index (χ4v) is 1.46. The number of hydrogen-bond donors (Lipinski definition) is 3. The first-order valence-corrected chi connectivity index (χ1v) is 5.51. The van der Waals surface area contributed by atoms with Gasteiger partial charge >= 0.3 is 6.03 Å². The lowest BCUT2D eigenvalue weighted by atomic mass is 10.1. The van der Waals surface area contributed by atoms with Crippen molar-refractivity contribution in [2.45, 2.75) is 13.0 Å². The number of rotatable bonds is 5. The highest BCUT2D eigenvalue weighted by Gasteiger charge is 2.13. The molecule has 0 heterocycles. The molecule has 0 aliphatic carbocycles. The lowest BCUT2D eigenvalue weighted by Gasteiger charge is -2.15. The first-order valence-electron chi connectivity index (χ1n) is 5.51. The highest BCUT2D eigenvalue weighted by molar-refractivity contribution is 5.73. The lowest BCUT2D eigenvalue weighted by molar-refractivity contribution is 0.169. The van der Waals surface area contributed by atoms with E-state index >= 15 is 0 Å². The van der Waals surface area contributed by atoms with Gasteiger partial charge < -0.3 is 20.5 Å². The zero-order chi connectivity index (χ0) is 12.7. The average Bonchev–Trinajstić information content (AvgIpc) is 2.36. The average molecular weight is 238 g/mol. The Morgan fingerprint density at radius 3 is 2.76 bits per heavy atom. The molecule has 0 saturated carbocycles. The summed E-state index contributed by atoms with van der Waals surface area (Å²) in [6.45, 7) is 2.53. The number of urea groups is 1. The van der Waals surface area contributed by atoms with Gasteiger partial charge in [0.2, 0.25) is 0 Å². The van der Waals surface area contributed by atoms with Crippen LogP contribution in [0.2, 0.25) is 0 Å². The molecule has 5 heteroatoms. The van der Waals surface area contributed by atoms with Gasteiger partial charge in [-0.3, -0.25) is 0 Å². The lowest BCUT2D eigenvalue weighted by Crippen LogP contribution is -2.37. The first-order chi connectivity index (χ1) is 8.19. The van der Waals surface area contributed by atoms with Crippen LogP contribution in [0, 0.1) is 0 Å². The zero-order valence-electron chi connectivity index (χ0n) is 10.1. The maximum Gasteiger partial charge on any atom is 0.314 e. The van der Waals surface area contributed by atoms with Crippen molar-refractivity contribution in [3.05, 3.63) is 29.8 Å². The summed E-state index contributed by atoms with van der Waals surface area (Å²) in [5.74, 6) is 0.609. The Balaban J connectivity index is 2.57. The molecule has 3 N–H and O–H groups in total. The summed E-state index contributed by atoms with van der Waals surface area (Å²) in [7, 11) is 1.54. The van der Waals surface area contributed by atoms with Gasteiger partial charge in [0.1, 0.15) is 5.75 Å². The van der Waals surface area contributed by atoms with Crippen molar-refractivity contribution in [3.8, 4) is 5.75 Å². The van der Waals surface area contributed by atoms with Crippen LogP contribution in [0.4, 0.5) is 4.79 Å². The third-order valence-electron chi connectivity index (χ3n) is 2.29. The summed E-state index contributed by atoms with van der Waals surface area (Å²) in [5.41, 5.74) is 0.659. The Kier molecular flexibility index (Phi) is 5.29. The molecule has 5 nitrogen and oxygen atoms in total. The standard InChI is InChI=1S/C12H18N2O3/c1-3-13-12(16)14-8-10(15)9-6-4-5-7-11(9)17-2/h4-7,10,15H,3,8H2,1-2H3,(H2,13,14,16). The van der Waals surface area contributed by atoms with Crippen LogP contribution in [0.25, 0.3) is 0 Å². The Morgan fingerprint density at radius 1 is 1.41 bits per heavy atom. The van der Waals surface area contributed by atoms with E-state index in [0.29, 0.717) is 17.9 Å². The van der Waals surface area contributed by atoms with E-state index in [1.165, 1.54) is 0 Å². The first kappa shape index (κ1) is 13.3. The highest BCUT2D eigenvalue weighted by Crippen LogP contribution is 2.23. The summed E-state index contributed by atoms with van der Waals surface area (Å²) in [6.07, 6.45) is -0.784. The summed E-state index contributed by atoms with van der Waals surface area (Å²) in [4.78, 5) is 11.2. The molecule has 0 radical (unpaired) electrons. The normalized spacial score (nSPS) is 11.7. The zero-order valence-corrected chi connectivity index (χ0v) is 10.1. The molecule has 1 atom stereocenters. The number of nitrogens with one attached hydrogen (secondary N) is 2. The van der Waals surface area contributed by atoms with Crippen molar-refractivity contribution >= 4 is 6.03 Å². The van der Waals surface area contributed by atoms with Crippen LogP contribution < -0.4 is 15.4 Å².